The molecule has 2 rings (SSSR count). The van der Waals surface area contributed by atoms with Crippen molar-refractivity contribution in [2.75, 3.05) is 14.2 Å². The lowest BCUT2D eigenvalue weighted by molar-refractivity contribution is -0.114. The molecule has 1 atom stereocenters. The normalized spacial score (nSPS) is 12.7. The first-order chi connectivity index (χ1) is 13.0. The average molecular weight is 391 g/mol. The Morgan fingerprint density at radius 2 is 2.19 bits per heavy atom. The van der Waals surface area contributed by atoms with Gasteiger partial charge in [-0.2, -0.15) is 5.48 Å². The minimum atomic E-state index is -0.320. The average Bonchev–Trinajstić information content (AvgIpc) is 3.16. The van der Waals surface area contributed by atoms with E-state index in [-0.39, 0.29) is 24.3 Å². The van der Waals surface area contributed by atoms with Crippen LogP contribution in [0.25, 0.3) is 0 Å². The number of nitrogens with one attached hydrogen (secondary N) is 2. The molecule has 1 heterocycles. The molecule has 8 heteroatoms. The number of aryl methyl sites for hydroxylation is 2. The molecule has 146 valence electrons. The van der Waals surface area contributed by atoms with Gasteiger partial charge in [-0.1, -0.05) is 30.3 Å². The molecule has 1 aromatic carbocycles. The van der Waals surface area contributed by atoms with Crippen LogP contribution in [0.4, 0.5) is 0 Å². The van der Waals surface area contributed by atoms with Gasteiger partial charge in [-0.15, -0.1) is 11.3 Å². The van der Waals surface area contributed by atoms with E-state index in [9.17, 15) is 4.79 Å². The number of carbonyl (C=O) groups excluding carboxylic acids is 1. The molecule has 0 aliphatic carbocycles. The van der Waals surface area contributed by atoms with E-state index in [1.54, 1.807) is 18.4 Å². The van der Waals surface area contributed by atoms with Gasteiger partial charge in [-0.3, -0.25) is 9.63 Å². The number of hydroxylamine groups is 1. The molecule has 0 spiro atoms. The van der Waals surface area contributed by atoms with Crippen LogP contribution in [0.15, 0.2) is 29.6 Å². The highest BCUT2D eigenvalue weighted by molar-refractivity contribution is 7.11. The van der Waals surface area contributed by atoms with Crippen LogP contribution in [0, 0.1) is 6.92 Å². The topological polar surface area (TPSA) is 84.8 Å². The lowest BCUT2D eigenvalue weighted by Gasteiger charge is -2.16. The monoisotopic (exact) mass is 390 g/mol. The van der Waals surface area contributed by atoms with E-state index in [1.807, 2.05) is 38.2 Å². The van der Waals surface area contributed by atoms with E-state index < -0.39 is 0 Å². The fourth-order valence-electron chi connectivity index (χ4n) is 2.51. The number of amides is 1. The molecule has 1 aromatic heterocycles. The van der Waals surface area contributed by atoms with Crippen LogP contribution in [0.5, 0.6) is 0 Å². The van der Waals surface area contributed by atoms with Gasteiger partial charge in [0, 0.05) is 23.7 Å². The molecule has 0 bridgehead atoms. The van der Waals surface area contributed by atoms with Gasteiger partial charge in [0.05, 0.1) is 12.6 Å². The zero-order valence-corrected chi connectivity index (χ0v) is 17.1. The van der Waals surface area contributed by atoms with Gasteiger partial charge in [0.15, 0.2) is 5.71 Å². The number of likely N-dealkylation sites (N-methyl/N-ethyl adjacent to an activating group) is 1. The molecular formula is C19H26N4O3S. The Morgan fingerprint density at radius 1 is 1.41 bits per heavy atom. The second kappa shape index (κ2) is 10.1. The molecule has 2 aromatic rings. The standard InChI is InChI=1S/C19H26N4O3S/c1-6-14-10-21-19(27-14)13(3)22-26-11-16-12(2)8-7-9-15(16)17(23-25-5)18(24)20-4/h7-10,13,22H,6,11H2,1-5H3,(H,20,24)/b23-17+. The molecule has 1 unspecified atom stereocenters. The predicted molar refractivity (Wildman–Crippen MR) is 107 cm³/mol. The molecule has 0 radical (unpaired) electrons. The summed E-state index contributed by atoms with van der Waals surface area (Å²) < 4.78 is 0. The van der Waals surface area contributed by atoms with E-state index in [0.717, 1.165) is 22.6 Å². The molecule has 0 saturated carbocycles. The summed E-state index contributed by atoms with van der Waals surface area (Å²) in [6, 6.07) is 5.64. The summed E-state index contributed by atoms with van der Waals surface area (Å²) in [7, 11) is 2.97. The van der Waals surface area contributed by atoms with Crippen LogP contribution in [0.2, 0.25) is 0 Å². The lowest BCUT2D eigenvalue weighted by atomic mass is 9.98. The highest BCUT2D eigenvalue weighted by Gasteiger charge is 2.19. The van der Waals surface area contributed by atoms with E-state index >= 15 is 0 Å². The van der Waals surface area contributed by atoms with Gasteiger partial charge in [-0.05, 0) is 31.4 Å². The number of benzene rings is 1. The third-order valence-corrected chi connectivity index (χ3v) is 5.38. The van der Waals surface area contributed by atoms with Crippen LogP contribution in [-0.4, -0.2) is 30.8 Å². The highest BCUT2D eigenvalue weighted by Crippen LogP contribution is 2.21. The molecule has 7 nitrogen and oxygen atoms in total. The number of oxime groups is 1. The maximum Gasteiger partial charge on any atom is 0.273 e. The molecule has 0 saturated heterocycles. The number of carbonyl (C=O) groups is 1. The second-order valence-corrected chi connectivity index (χ2v) is 7.10. The quantitative estimate of drug-likeness (QED) is 0.508. The summed E-state index contributed by atoms with van der Waals surface area (Å²) in [6.45, 7) is 6.35. The van der Waals surface area contributed by atoms with Crippen molar-refractivity contribution in [3.8, 4) is 0 Å². The Kier molecular flexibility index (Phi) is 7.90. The molecule has 27 heavy (non-hydrogen) atoms. The van der Waals surface area contributed by atoms with Crippen molar-refractivity contribution in [1.82, 2.24) is 15.8 Å². The minimum absolute atomic E-state index is 0.0335. The maximum absolute atomic E-state index is 12.2. The van der Waals surface area contributed by atoms with E-state index in [4.69, 9.17) is 9.68 Å². The van der Waals surface area contributed by atoms with Gasteiger partial charge >= 0.3 is 0 Å². The van der Waals surface area contributed by atoms with Crippen molar-refractivity contribution in [3.05, 3.63) is 51.0 Å². The van der Waals surface area contributed by atoms with Crippen LogP contribution >= 0.6 is 11.3 Å². The van der Waals surface area contributed by atoms with Crippen molar-refractivity contribution >= 4 is 23.0 Å². The third-order valence-electron chi connectivity index (χ3n) is 4.06. The summed E-state index contributed by atoms with van der Waals surface area (Å²) in [4.78, 5) is 28.4. The van der Waals surface area contributed by atoms with E-state index in [2.05, 4.69) is 27.9 Å². The molecule has 0 fully saturated rings. The SMILES string of the molecule is CCc1cnc(C(C)NOCc2c(C)cccc2/C(=N\OC)C(=O)NC)s1. The van der Waals surface area contributed by atoms with Gasteiger partial charge in [-0.25, -0.2) is 4.98 Å². The number of hydrogen-bond donors (Lipinski definition) is 2. The number of hydrogen-bond acceptors (Lipinski definition) is 7. The summed E-state index contributed by atoms with van der Waals surface area (Å²) in [5, 5.41) is 7.45. The summed E-state index contributed by atoms with van der Waals surface area (Å²) in [5.41, 5.74) is 5.78. The zero-order valence-electron chi connectivity index (χ0n) is 16.3. The van der Waals surface area contributed by atoms with Crippen molar-refractivity contribution in [3.63, 3.8) is 0 Å². The Morgan fingerprint density at radius 3 is 2.81 bits per heavy atom. The van der Waals surface area contributed by atoms with Crippen molar-refractivity contribution in [2.24, 2.45) is 5.16 Å². The van der Waals surface area contributed by atoms with Crippen molar-refractivity contribution < 1.29 is 14.5 Å². The highest BCUT2D eigenvalue weighted by atomic mass is 32.1. The van der Waals surface area contributed by atoms with Gasteiger partial charge in [0.25, 0.3) is 5.91 Å². The molecule has 1 amide bonds. The third kappa shape index (κ3) is 5.35. The Hall–Kier alpha value is -2.29. The lowest BCUT2D eigenvalue weighted by Crippen LogP contribution is -2.30. The molecule has 0 aliphatic heterocycles. The number of thiazole rings is 1. The van der Waals surface area contributed by atoms with Crippen LogP contribution in [0.3, 0.4) is 0 Å². The first-order valence-corrected chi connectivity index (χ1v) is 9.57. The van der Waals surface area contributed by atoms with Gasteiger partial charge in [0.1, 0.15) is 12.1 Å². The molecule has 0 aliphatic rings. The fourth-order valence-corrected chi connectivity index (χ4v) is 3.36. The Bertz CT molecular complexity index is 804. The Labute approximate surface area is 163 Å². The second-order valence-electron chi connectivity index (χ2n) is 5.95. The molecular weight excluding hydrogens is 364 g/mol. The molecule has 2 N–H and O–H groups in total. The predicted octanol–water partition coefficient (Wildman–Crippen LogP) is 2.89. The maximum atomic E-state index is 12.2. The number of rotatable bonds is 9. The summed E-state index contributed by atoms with van der Waals surface area (Å²) in [5.74, 6) is -0.320. The van der Waals surface area contributed by atoms with Gasteiger partial charge in [0.2, 0.25) is 0 Å². The minimum Gasteiger partial charge on any atom is -0.398 e. The van der Waals surface area contributed by atoms with Crippen molar-refractivity contribution in [1.29, 1.82) is 0 Å². The van der Waals surface area contributed by atoms with E-state index in [0.29, 0.717) is 5.56 Å². The smallest absolute Gasteiger partial charge is 0.273 e. The first-order valence-electron chi connectivity index (χ1n) is 8.75. The first kappa shape index (κ1) is 21.0. The van der Waals surface area contributed by atoms with Gasteiger partial charge < -0.3 is 10.2 Å². The van der Waals surface area contributed by atoms with E-state index in [1.165, 1.54) is 12.0 Å². The fraction of sp³-hybridized carbons (Fsp3) is 0.421. The van der Waals surface area contributed by atoms with Crippen LogP contribution in [0.1, 0.15) is 46.5 Å². The summed E-state index contributed by atoms with van der Waals surface area (Å²) >= 11 is 1.67. The van der Waals surface area contributed by atoms with Crippen LogP contribution in [-0.2, 0) is 27.5 Å². The summed E-state index contributed by atoms with van der Waals surface area (Å²) in [6.07, 6.45) is 2.87. The number of nitrogens with zero attached hydrogens (tertiary/aromatic N) is 2. The Balaban J connectivity index is 2.14. The van der Waals surface area contributed by atoms with Crippen molar-refractivity contribution in [2.45, 2.75) is 39.8 Å². The largest absolute Gasteiger partial charge is 0.398 e. The number of aromatic nitrogens is 1. The van der Waals surface area contributed by atoms with Crippen LogP contribution < -0.4 is 10.8 Å². The zero-order chi connectivity index (χ0) is 19.8.